The first-order chi connectivity index (χ1) is 15.3. The Morgan fingerprint density at radius 3 is 2.26 bits per heavy atom. The first kappa shape index (κ1) is 20.0. The van der Waals surface area contributed by atoms with Gasteiger partial charge in [-0.25, -0.2) is 4.98 Å². The van der Waals surface area contributed by atoms with Crippen molar-refractivity contribution in [3.8, 4) is 0 Å². The van der Waals surface area contributed by atoms with Gasteiger partial charge in [-0.1, -0.05) is 60.7 Å². The van der Waals surface area contributed by atoms with Gasteiger partial charge in [-0.15, -0.1) is 0 Å². The van der Waals surface area contributed by atoms with Gasteiger partial charge in [-0.3, -0.25) is 9.69 Å². The van der Waals surface area contributed by atoms with Crippen molar-refractivity contribution in [2.75, 3.05) is 19.6 Å². The van der Waals surface area contributed by atoms with Crippen molar-refractivity contribution in [2.24, 2.45) is 17.8 Å². The first-order valence-corrected chi connectivity index (χ1v) is 11.3. The second kappa shape index (κ2) is 9.06. The monoisotopic (exact) mass is 414 g/mol. The van der Waals surface area contributed by atoms with E-state index in [1.54, 1.807) is 0 Å². The van der Waals surface area contributed by atoms with Crippen LogP contribution in [0.3, 0.4) is 0 Å². The number of aromatic nitrogens is 2. The van der Waals surface area contributed by atoms with Gasteiger partial charge < -0.3 is 9.88 Å². The number of rotatable bonds is 8. The van der Waals surface area contributed by atoms with Crippen LogP contribution in [0.2, 0.25) is 0 Å². The summed E-state index contributed by atoms with van der Waals surface area (Å²) in [6, 6.07) is 21.0. The molecule has 0 radical (unpaired) electrons. The molecule has 1 saturated carbocycles. The molecule has 3 aromatic rings. The van der Waals surface area contributed by atoms with Gasteiger partial charge in [0.25, 0.3) is 0 Å². The lowest BCUT2D eigenvalue weighted by Gasteiger charge is -2.52. The number of hydrogen-bond donors (Lipinski definition) is 1. The van der Waals surface area contributed by atoms with E-state index in [4.69, 9.17) is 0 Å². The number of nitrogens with zero attached hydrogens (tertiary/aromatic N) is 3. The van der Waals surface area contributed by atoms with Crippen molar-refractivity contribution in [3.05, 3.63) is 90.0 Å². The Morgan fingerprint density at radius 1 is 0.935 bits per heavy atom. The summed E-state index contributed by atoms with van der Waals surface area (Å²) in [5.41, 5.74) is 2.61. The van der Waals surface area contributed by atoms with Crippen LogP contribution in [-0.4, -0.2) is 40.0 Å². The molecular formula is C26H30N4O. The number of amides is 1. The number of fused-ring (bicyclic) bond motifs is 2. The van der Waals surface area contributed by atoms with Crippen molar-refractivity contribution in [1.29, 1.82) is 0 Å². The smallest absolute Gasteiger partial charge is 0.223 e. The third kappa shape index (κ3) is 4.57. The van der Waals surface area contributed by atoms with Crippen LogP contribution >= 0.6 is 0 Å². The molecule has 2 atom stereocenters. The molecule has 0 spiro atoms. The highest BCUT2D eigenvalue weighted by atomic mass is 16.2. The van der Waals surface area contributed by atoms with Crippen molar-refractivity contribution >= 4 is 5.91 Å². The molecule has 5 nitrogen and oxygen atoms in total. The SMILES string of the molecule is O=C(NCCc1nccn1Cc1ccccc1)C1C2CC1CN(Cc1ccccc1)C2. The van der Waals surface area contributed by atoms with E-state index in [0.717, 1.165) is 38.4 Å². The quantitative estimate of drug-likeness (QED) is 0.615. The van der Waals surface area contributed by atoms with Gasteiger partial charge in [0, 0.05) is 57.5 Å². The molecular weight excluding hydrogens is 384 g/mol. The Labute approximate surface area is 184 Å². The van der Waals surface area contributed by atoms with Crippen molar-refractivity contribution in [2.45, 2.75) is 25.9 Å². The lowest BCUT2D eigenvalue weighted by molar-refractivity contribution is -0.142. The molecule has 1 amide bonds. The predicted octanol–water partition coefficient (Wildman–Crippen LogP) is 3.36. The Kier molecular flexibility index (Phi) is 5.85. The van der Waals surface area contributed by atoms with Crippen LogP contribution in [0, 0.1) is 17.8 Å². The fourth-order valence-electron chi connectivity index (χ4n) is 5.29. The van der Waals surface area contributed by atoms with Gasteiger partial charge in [0.1, 0.15) is 5.82 Å². The molecule has 2 saturated heterocycles. The third-order valence-electron chi connectivity index (χ3n) is 6.80. The van der Waals surface area contributed by atoms with Gasteiger partial charge in [-0.05, 0) is 29.4 Å². The largest absolute Gasteiger partial charge is 0.355 e. The fraction of sp³-hybridized carbons (Fsp3) is 0.385. The van der Waals surface area contributed by atoms with Crippen molar-refractivity contribution in [3.63, 3.8) is 0 Å². The Balaban J connectivity index is 1.09. The molecule has 2 bridgehead atoms. The van der Waals surface area contributed by atoms with Gasteiger partial charge in [-0.2, -0.15) is 0 Å². The molecule has 2 aliphatic heterocycles. The maximum absolute atomic E-state index is 12.9. The number of imidazole rings is 1. The molecule has 1 aromatic heterocycles. The number of benzene rings is 2. The normalized spacial score (nSPS) is 22.6. The lowest BCUT2D eigenvalue weighted by atomic mass is 9.61. The van der Waals surface area contributed by atoms with E-state index in [9.17, 15) is 4.79 Å². The zero-order valence-electron chi connectivity index (χ0n) is 17.9. The third-order valence-corrected chi connectivity index (χ3v) is 6.80. The highest BCUT2D eigenvalue weighted by Gasteiger charge is 2.49. The summed E-state index contributed by atoms with van der Waals surface area (Å²) in [4.78, 5) is 19.9. The van der Waals surface area contributed by atoms with E-state index in [0.29, 0.717) is 18.4 Å². The standard InChI is InChI=1S/C26H30N4O/c31-26(25-22-15-23(25)19-29(18-22)16-20-7-3-1-4-8-20)28-12-11-24-27-13-14-30(24)17-21-9-5-2-6-10-21/h1-10,13-14,22-23,25H,11-12,15-19H2,(H,28,31). The van der Waals surface area contributed by atoms with E-state index in [1.165, 1.54) is 17.5 Å². The van der Waals surface area contributed by atoms with Crippen LogP contribution < -0.4 is 5.32 Å². The van der Waals surface area contributed by atoms with Crippen LogP contribution in [0.5, 0.6) is 0 Å². The zero-order valence-corrected chi connectivity index (χ0v) is 17.9. The average Bonchev–Trinajstić information content (AvgIpc) is 3.22. The molecule has 2 aromatic carbocycles. The summed E-state index contributed by atoms with van der Waals surface area (Å²) in [5, 5.41) is 3.20. The molecule has 160 valence electrons. The molecule has 1 aliphatic carbocycles. The van der Waals surface area contributed by atoms with Crippen LogP contribution in [-0.2, 0) is 24.3 Å². The second-order valence-electron chi connectivity index (χ2n) is 8.96. The van der Waals surface area contributed by atoms with E-state index >= 15 is 0 Å². The van der Waals surface area contributed by atoms with Crippen molar-refractivity contribution < 1.29 is 4.79 Å². The molecule has 31 heavy (non-hydrogen) atoms. The van der Waals surface area contributed by atoms with Gasteiger partial charge in [0.2, 0.25) is 5.91 Å². The van der Waals surface area contributed by atoms with E-state index in [1.807, 2.05) is 18.5 Å². The molecule has 3 heterocycles. The second-order valence-corrected chi connectivity index (χ2v) is 8.96. The first-order valence-electron chi connectivity index (χ1n) is 11.3. The van der Waals surface area contributed by atoms with Gasteiger partial charge in [0.05, 0.1) is 0 Å². The Hall–Kier alpha value is -2.92. The highest BCUT2D eigenvalue weighted by Crippen LogP contribution is 2.45. The Morgan fingerprint density at radius 2 is 1.58 bits per heavy atom. The van der Waals surface area contributed by atoms with Crippen LogP contribution in [0.1, 0.15) is 23.4 Å². The van der Waals surface area contributed by atoms with Crippen LogP contribution in [0.15, 0.2) is 73.1 Å². The number of nitrogens with one attached hydrogen (secondary N) is 1. The minimum atomic E-state index is 0.191. The summed E-state index contributed by atoms with van der Waals surface area (Å²) in [6.45, 7) is 4.52. The Bertz CT molecular complexity index is 989. The molecule has 3 aliphatic rings. The zero-order chi connectivity index (χ0) is 21.0. The van der Waals surface area contributed by atoms with E-state index < -0.39 is 0 Å². The molecule has 5 heteroatoms. The molecule has 2 unspecified atom stereocenters. The molecule has 1 N–H and O–H groups in total. The van der Waals surface area contributed by atoms with E-state index in [-0.39, 0.29) is 11.8 Å². The fourth-order valence-corrected chi connectivity index (χ4v) is 5.29. The predicted molar refractivity (Wildman–Crippen MR) is 121 cm³/mol. The summed E-state index contributed by atoms with van der Waals surface area (Å²) < 4.78 is 2.17. The van der Waals surface area contributed by atoms with Gasteiger partial charge in [0.15, 0.2) is 0 Å². The lowest BCUT2D eigenvalue weighted by Crippen LogP contribution is -2.59. The van der Waals surface area contributed by atoms with E-state index in [2.05, 4.69) is 74.4 Å². The maximum atomic E-state index is 12.9. The average molecular weight is 415 g/mol. The summed E-state index contributed by atoms with van der Waals surface area (Å²) in [7, 11) is 0. The minimum Gasteiger partial charge on any atom is -0.355 e. The van der Waals surface area contributed by atoms with Gasteiger partial charge >= 0.3 is 0 Å². The number of hydrogen-bond acceptors (Lipinski definition) is 3. The minimum absolute atomic E-state index is 0.191. The van der Waals surface area contributed by atoms with Crippen LogP contribution in [0.25, 0.3) is 0 Å². The summed E-state index contributed by atoms with van der Waals surface area (Å²) >= 11 is 0. The van der Waals surface area contributed by atoms with Crippen LogP contribution in [0.4, 0.5) is 0 Å². The number of carbonyl (C=O) groups excluding carboxylic acids is 1. The summed E-state index contributed by atoms with van der Waals surface area (Å²) in [5.74, 6) is 2.45. The summed E-state index contributed by atoms with van der Waals surface area (Å²) in [6.07, 6.45) is 5.82. The highest BCUT2D eigenvalue weighted by molar-refractivity contribution is 5.80. The van der Waals surface area contributed by atoms with Crippen molar-refractivity contribution in [1.82, 2.24) is 19.8 Å². The molecule has 3 fully saturated rings. The maximum Gasteiger partial charge on any atom is 0.223 e. The number of carbonyl (C=O) groups is 1. The topological polar surface area (TPSA) is 50.2 Å². The molecule has 6 rings (SSSR count). The number of piperidine rings is 2.